The number of carbonyl (C=O) groups excluding carboxylic acids is 1. The van der Waals surface area contributed by atoms with Gasteiger partial charge in [0.05, 0.1) is 23.9 Å². The predicted octanol–water partition coefficient (Wildman–Crippen LogP) is 4.44. The van der Waals surface area contributed by atoms with Crippen molar-refractivity contribution >= 4 is 59.9 Å². The van der Waals surface area contributed by atoms with Gasteiger partial charge in [-0.3, -0.25) is 4.79 Å². The van der Waals surface area contributed by atoms with Crippen LogP contribution in [0, 0.1) is 5.82 Å². The van der Waals surface area contributed by atoms with Crippen LogP contribution in [-0.2, 0) is 35.8 Å². The third-order valence-electron chi connectivity index (χ3n) is 5.73. The molecule has 7 nitrogen and oxygen atoms in total. The topological polar surface area (TPSA) is 99.5 Å². The quantitative estimate of drug-likeness (QED) is 0.422. The van der Waals surface area contributed by atoms with E-state index in [0.717, 1.165) is 18.6 Å². The van der Waals surface area contributed by atoms with Gasteiger partial charge in [0.15, 0.2) is 19.7 Å². The standard InChI is InChI=1S/C22H21ClFNO6S3/c1-31-17(26)10-12-8-9-25-19(12)21(32-14-6-4-13(23)5-7-14)18-16(33(2,27)28)11-15(24)22(20(18)25)34(3,29)30/h4-7,11-12H,8-10H2,1-3H3. The summed E-state index contributed by atoms with van der Waals surface area (Å²) in [7, 11) is -6.73. The number of sulfone groups is 2. The van der Waals surface area contributed by atoms with E-state index in [2.05, 4.69) is 0 Å². The molecular formula is C22H21ClFNO6S3. The number of esters is 1. The third-order valence-corrected chi connectivity index (χ3v) is 9.35. The molecule has 1 aromatic heterocycles. The number of ether oxygens (including phenoxy) is 1. The highest BCUT2D eigenvalue weighted by Crippen LogP contribution is 2.50. The fraction of sp³-hybridized carbons (Fsp3) is 0.318. The second-order valence-corrected chi connectivity index (χ2v) is 13.6. The maximum Gasteiger partial charge on any atom is 0.306 e. The molecule has 0 saturated heterocycles. The number of methoxy groups -OCH3 is 1. The lowest BCUT2D eigenvalue weighted by Crippen LogP contribution is -2.08. The summed E-state index contributed by atoms with van der Waals surface area (Å²) in [6.45, 7) is 0.295. The van der Waals surface area contributed by atoms with Crippen LogP contribution in [0.15, 0.2) is 49.9 Å². The van der Waals surface area contributed by atoms with Crippen LogP contribution in [0.5, 0.6) is 0 Å². The first-order valence-electron chi connectivity index (χ1n) is 10.1. The van der Waals surface area contributed by atoms with Crippen molar-refractivity contribution in [2.24, 2.45) is 0 Å². The number of rotatable bonds is 6. The van der Waals surface area contributed by atoms with Gasteiger partial charge in [-0.25, -0.2) is 21.2 Å². The zero-order chi connectivity index (χ0) is 25.0. The lowest BCUT2D eigenvalue weighted by Gasteiger charge is -2.13. The Labute approximate surface area is 206 Å². The van der Waals surface area contributed by atoms with E-state index in [1.165, 1.54) is 18.9 Å². The molecule has 2 heterocycles. The van der Waals surface area contributed by atoms with Crippen molar-refractivity contribution in [3.63, 3.8) is 0 Å². The van der Waals surface area contributed by atoms with Gasteiger partial charge in [-0.2, -0.15) is 0 Å². The van der Waals surface area contributed by atoms with Gasteiger partial charge >= 0.3 is 5.97 Å². The lowest BCUT2D eigenvalue weighted by molar-refractivity contribution is -0.141. The summed E-state index contributed by atoms with van der Waals surface area (Å²) < 4.78 is 72.3. The molecule has 12 heteroatoms. The number of nitrogens with zero attached hydrogens (tertiary/aromatic N) is 1. The van der Waals surface area contributed by atoms with Crippen molar-refractivity contribution in [2.45, 2.75) is 44.9 Å². The molecule has 1 unspecified atom stereocenters. The molecule has 3 aromatic rings. The number of carbonyl (C=O) groups is 1. The van der Waals surface area contributed by atoms with Crippen LogP contribution in [0.1, 0.15) is 24.5 Å². The van der Waals surface area contributed by atoms with Crippen LogP contribution in [0.3, 0.4) is 0 Å². The van der Waals surface area contributed by atoms with Crippen molar-refractivity contribution in [1.29, 1.82) is 0 Å². The molecule has 0 saturated carbocycles. The van der Waals surface area contributed by atoms with Gasteiger partial charge in [0.2, 0.25) is 0 Å². The van der Waals surface area contributed by atoms with Crippen molar-refractivity contribution < 1.29 is 30.8 Å². The van der Waals surface area contributed by atoms with E-state index < -0.39 is 36.4 Å². The van der Waals surface area contributed by atoms with E-state index in [1.807, 2.05) is 0 Å². The maximum absolute atomic E-state index is 15.2. The van der Waals surface area contributed by atoms with Crippen LogP contribution >= 0.6 is 23.4 Å². The molecule has 0 aliphatic carbocycles. The van der Waals surface area contributed by atoms with Gasteiger partial charge in [-0.15, -0.1) is 0 Å². The molecule has 0 spiro atoms. The summed E-state index contributed by atoms with van der Waals surface area (Å²) in [5.74, 6) is -1.95. The first kappa shape index (κ1) is 25.0. The molecule has 1 aliphatic heterocycles. The minimum absolute atomic E-state index is 0.00162. The smallest absolute Gasteiger partial charge is 0.306 e. The second kappa shape index (κ2) is 8.85. The van der Waals surface area contributed by atoms with E-state index in [1.54, 1.807) is 28.8 Å². The maximum atomic E-state index is 15.2. The Hall–Kier alpha value is -2.08. The van der Waals surface area contributed by atoms with E-state index in [0.29, 0.717) is 33.5 Å². The van der Waals surface area contributed by atoms with Crippen LogP contribution < -0.4 is 0 Å². The first-order chi connectivity index (χ1) is 15.8. The van der Waals surface area contributed by atoms with Crippen molar-refractivity contribution in [3.05, 3.63) is 46.9 Å². The minimum atomic E-state index is -4.06. The number of hydrogen-bond donors (Lipinski definition) is 0. The number of aromatic nitrogens is 1. The highest BCUT2D eigenvalue weighted by atomic mass is 35.5. The lowest BCUT2D eigenvalue weighted by atomic mass is 10.00. The summed E-state index contributed by atoms with van der Waals surface area (Å²) in [5.41, 5.74) is 0.586. The van der Waals surface area contributed by atoms with E-state index in [9.17, 15) is 21.6 Å². The van der Waals surface area contributed by atoms with Gasteiger partial charge in [-0.1, -0.05) is 23.4 Å². The molecule has 0 bridgehead atoms. The molecule has 182 valence electrons. The van der Waals surface area contributed by atoms with Gasteiger partial charge in [0.25, 0.3) is 0 Å². The van der Waals surface area contributed by atoms with Crippen molar-refractivity contribution in [3.8, 4) is 0 Å². The van der Waals surface area contributed by atoms with Gasteiger partial charge in [-0.05, 0) is 36.8 Å². The number of hydrogen-bond acceptors (Lipinski definition) is 7. The van der Waals surface area contributed by atoms with Gasteiger partial charge in [0, 0.05) is 50.9 Å². The number of benzene rings is 2. The van der Waals surface area contributed by atoms with E-state index in [-0.39, 0.29) is 28.1 Å². The fourth-order valence-electron chi connectivity index (χ4n) is 4.36. The van der Waals surface area contributed by atoms with Gasteiger partial charge in [0.1, 0.15) is 10.7 Å². The predicted molar refractivity (Wildman–Crippen MR) is 128 cm³/mol. The summed E-state index contributed by atoms with van der Waals surface area (Å²) in [6, 6.07) is 7.61. The van der Waals surface area contributed by atoms with Crippen LogP contribution in [-0.4, -0.2) is 47.0 Å². The van der Waals surface area contributed by atoms with Crippen molar-refractivity contribution in [1.82, 2.24) is 4.57 Å². The average molecular weight is 546 g/mol. The highest BCUT2D eigenvalue weighted by molar-refractivity contribution is 7.99. The van der Waals surface area contributed by atoms with Crippen LogP contribution in [0.4, 0.5) is 4.39 Å². The third kappa shape index (κ3) is 4.46. The summed E-state index contributed by atoms with van der Waals surface area (Å²) in [6.07, 6.45) is 2.35. The molecular weight excluding hydrogens is 525 g/mol. The molecule has 0 N–H and O–H groups in total. The molecule has 34 heavy (non-hydrogen) atoms. The zero-order valence-corrected chi connectivity index (χ0v) is 21.7. The number of fused-ring (bicyclic) bond motifs is 3. The summed E-state index contributed by atoms with van der Waals surface area (Å²) in [5, 5.41) is 0.645. The Balaban J connectivity index is 2.14. The fourth-order valence-corrected chi connectivity index (χ4v) is 7.61. The minimum Gasteiger partial charge on any atom is -0.469 e. The Kier molecular flexibility index (Phi) is 6.52. The number of halogens is 2. The molecule has 1 aliphatic rings. The zero-order valence-electron chi connectivity index (χ0n) is 18.5. The Bertz CT molecular complexity index is 1530. The normalized spacial score (nSPS) is 16.1. The van der Waals surface area contributed by atoms with Crippen LogP contribution in [0.2, 0.25) is 5.02 Å². The van der Waals surface area contributed by atoms with Crippen molar-refractivity contribution in [2.75, 3.05) is 19.6 Å². The highest BCUT2D eigenvalue weighted by Gasteiger charge is 2.37. The molecule has 0 fully saturated rings. The molecule has 2 aromatic carbocycles. The number of aryl methyl sites for hydroxylation is 1. The van der Waals surface area contributed by atoms with E-state index >= 15 is 4.39 Å². The SMILES string of the molecule is COC(=O)CC1CCn2c1c(Sc1ccc(Cl)cc1)c1c(S(C)(=O)=O)cc(F)c(S(C)(=O)=O)c12. The molecule has 0 radical (unpaired) electrons. The second-order valence-electron chi connectivity index (χ2n) is 8.14. The monoisotopic (exact) mass is 545 g/mol. The van der Waals surface area contributed by atoms with Gasteiger partial charge < -0.3 is 9.30 Å². The molecule has 4 rings (SSSR count). The molecule has 1 atom stereocenters. The Morgan fingerprint density at radius 3 is 2.38 bits per heavy atom. The largest absolute Gasteiger partial charge is 0.469 e. The summed E-state index contributed by atoms with van der Waals surface area (Å²) in [4.78, 5) is 12.4. The van der Waals surface area contributed by atoms with Crippen LogP contribution in [0.25, 0.3) is 10.9 Å². The Morgan fingerprint density at radius 2 is 1.82 bits per heavy atom. The van der Waals surface area contributed by atoms with E-state index in [4.69, 9.17) is 16.3 Å². The Morgan fingerprint density at radius 1 is 1.18 bits per heavy atom. The summed E-state index contributed by atoms with van der Waals surface area (Å²) >= 11 is 7.22. The molecule has 0 amide bonds. The average Bonchev–Trinajstić information content (AvgIpc) is 3.27. The first-order valence-corrected chi connectivity index (χ1v) is 15.1.